The van der Waals surface area contributed by atoms with Crippen LogP contribution in [0.25, 0.3) is 22.3 Å². The van der Waals surface area contributed by atoms with Crippen molar-refractivity contribution in [3.8, 4) is 28.0 Å². The largest absolute Gasteiger partial charge is 0.496 e. The van der Waals surface area contributed by atoms with Crippen LogP contribution in [0.4, 0.5) is 17.6 Å². The highest BCUT2D eigenvalue weighted by Crippen LogP contribution is 2.41. The minimum absolute atomic E-state index is 0.0602. The van der Waals surface area contributed by atoms with Crippen LogP contribution >= 0.6 is 0 Å². The summed E-state index contributed by atoms with van der Waals surface area (Å²) < 4.78 is 60.9. The molecule has 0 spiro atoms. The number of hydrogen-bond donors (Lipinski definition) is 1. The molecule has 0 fully saturated rings. The zero-order valence-electron chi connectivity index (χ0n) is 18.9. The van der Waals surface area contributed by atoms with Gasteiger partial charge in [-0.05, 0) is 59.5 Å². The van der Waals surface area contributed by atoms with Gasteiger partial charge in [0.1, 0.15) is 18.2 Å². The molecule has 0 aromatic heterocycles. The molecule has 5 nitrogen and oxygen atoms in total. The number of carbonyl (C=O) groups is 1. The number of carboxylic acid groups (broad SMARTS) is 1. The Kier molecular flexibility index (Phi) is 6.51. The van der Waals surface area contributed by atoms with Gasteiger partial charge in [0.2, 0.25) is 0 Å². The third-order valence-corrected chi connectivity index (χ3v) is 5.85. The van der Waals surface area contributed by atoms with Crippen molar-refractivity contribution in [1.29, 1.82) is 0 Å². The molecule has 1 heterocycles. The SMILES string of the molecule is COc1cc(F)c(-c2ccc(C(=O)O)cc2C)cc1-c1ccc(C(F)(F)F)cc1CC1=NOCC1. The maximum Gasteiger partial charge on any atom is 0.416 e. The molecule has 3 aromatic rings. The molecule has 35 heavy (non-hydrogen) atoms. The second-order valence-corrected chi connectivity index (χ2v) is 8.15. The number of aryl methyl sites for hydroxylation is 1. The summed E-state index contributed by atoms with van der Waals surface area (Å²) in [5.74, 6) is -1.57. The van der Waals surface area contributed by atoms with Crippen LogP contribution in [0.2, 0.25) is 0 Å². The van der Waals surface area contributed by atoms with Crippen LogP contribution in [0.15, 0.2) is 53.7 Å². The molecule has 182 valence electrons. The van der Waals surface area contributed by atoms with E-state index >= 15 is 4.39 Å². The normalized spacial score (nSPS) is 13.4. The average molecular weight is 487 g/mol. The average Bonchev–Trinajstić information content (AvgIpc) is 3.31. The maximum atomic E-state index is 15.1. The number of alkyl halides is 3. The highest BCUT2D eigenvalue weighted by Gasteiger charge is 2.31. The molecule has 0 amide bonds. The molecule has 3 aromatic carbocycles. The molecule has 1 aliphatic heterocycles. The Bertz CT molecular complexity index is 1330. The minimum atomic E-state index is -4.54. The van der Waals surface area contributed by atoms with E-state index in [4.69, 9.17) is 9.57 Å². The number of methoxy groups -OCH3 is 1. The summed E-state index contributed by atoms with van der Waals surface area (Å²) in [7, 11) is 1.35. The van der Waals surface area contributed by atoms with E-state index in [0.717, 1.165) is 12.1 Å². The van der Waals surface area contributed by atoms with E-state index in [0.29, 0.717) is 46.6 Å². The van der Waals surface area contributed by atoms with Crippen molar-refractivity contribution in [2.24, 2.45) is 5.16 Å². The van der Waals surface area contributed by atoms with Crippen LogP contribution in [0, 0.1) is 12.7 Å². The van der Waals surface area contributed by atoms with E-state index in [1.807, 2.05) is 0 Å². The molecule has 0 saturated carbocycles. The van der Waals surface area contributed by atoms with E-state index in [1.165, 1.54) is 43.5 Å². The van der Waals surface area contributed by atoms with E-state index in [-0.39, 0.29) is 23.3 Å². The summed E-state index contributed by atoms with van der Waals surface area (Å²) in [4.78, 5) is 16.3. The number of aromatic carboxylic acids is 1. The fraction of sp³-hybridized carbons (Fsp3) is 0.231. The highest BCUT2D eigenvalue weighted by molar-refractivity contribution is 5.91. The van der Waals surface area contributed by atoms with Crippen LogP contribution in [0.5, 0.6) is 5.75 Å². The smallest absolute Gasteiger partial charge is 0.416 e. The number of ether oxygens (including phenoxy) is 1. The zero-order chi connectivity index (χ0) is 25.3. The molecule has 4 rings (SSSR count). The highest BCUT2D eigenvalue weighted by atomic mass is 19.4. The first-order valence-corrected chi connectivity index (χ1v) is 10.7. The lowest BCUT2D eigenvalue weighted by Gasteiger charge is -2.18. The van der Waals surface area contributed by atoms with Crippen molar-refractivity contribution in [2.45, 2.75) is 25.9 Å². The van der Waals surface area contributed by atoms with Gasteiger partial charge in [-0.3, -0.25) is 0 Å². The monoisotopic (exact) mass is 487 g/mol. The van der Waals surface area contributed by atoms with Crippen molar-refractivity contribution in [3.05, 3.63) is 76.6 Å². The van der Waals surface area contributed by atoms with Crippen LogP contribution in [0.3, 0.4) is 0 Å². The van der Waals surface area contributed by atoms with Crippen LogP contribution in [-0.4, -0.2) is 30.5 Å². The molecular formula is C26H21F4NO4. The van der Waals surface area contributed by atoms with Gasteiger partial charge in [-0.2, -0.15) is 13.2 Å². The summed E-state index contributed by atoms with van der Waals surface area (Å²) in [6.07, 6.45) is -3.92. The quantitative estimate of drug-likeness (QED) is 0.403. The van der Waals surface area contributed by atoms with Crippen molar-refractivity contribution < 1.29 is 37.0 Å². The Morgan fingerprint density at radius 2 is 1.80 bits per heavy atom. The van der Waals surface area contributed by atoms with Gasteiger partial charge in [0.25, 0.3) is 0 Å². The first-order chi connectivity index (χ1) is 16.6. The van der Waals surface area contributed by atoms with Gasteiger partial charge in [-0.1, -0.05) is 17.3 Å². The summed E-state index contributed by atoms with van der Waals surface area (Å²) in [5.41, 5.74) is 2.19. The van der Waals surface area contributed by atoms with Crippen LogP contribution in [-0.2, 0) is 17.4 Å². The van der Waals surface area contributed by atoms with Crippen molar-refractivity contribution >= 4 is 11.7 Å². The second-order valence-electron chi connectivity index (χ2n) is 8.15. The molecule has 0 radical (unpaired) electrons. The Morgan fingerprint density at radius 3 is 2.40 bits per heavy atom. The van der Waals surface area contributed by atoms with Gasteiger partial charge in [-0.25, -0.2) is 9.18 Å². The third-order valence-electron chi connectivity index (χ3n) is 5.85. The number of carboxylic acids is 1. The minimum Gasteiger partial charge on any atom is -0.496 e. The Morgan fingerprint density at radius 1 is 1.06 bits per heavy atom. The lowest BCUT2D eigenvalue weighted by atomic mass is 9.90. The standard InChI is InChI=1S/C26H21F4NO4/c1-14-9-15(25(32)33)3-5-19(14)21-12-22(24(34-2)13-23(21)27)20-6-4-17(26(28,29)30)10-16(20)11-18-7-8-35-31-18/h3-6,9-10,12-13H,7-8,11H2,1-2H3,(H,32,33). The number of rotatable bonds is 6. The van der Waals surface area contributed by atoms with Crippen molar-refractivity contribution in [2.75, 3.05) is 13.7 Å². The van der Waals surface area contributed by atoms with Crippen LogP contribution in [0.1, 0.15) is 33.5 Å². The number of oxime groups is 1. The molecule has 9 heteroatoms. The fourth-order valence-electron chi connectivity index (χ4n) is 4.11. The predicted molar refractivity (Wildman–Crippen MR) is 122 cm³/mol. The van der Waals surface area contributed by atoms with Gasteiger partial charge in [0.05, 0.1) is 23.9 Å². The molecule has 0 unspecified atom stereocenters. The van der Waals surface area contributed by atoms with Gasteiger partial charge >= 0.3 is 12.1 Å². The van der Waals surface area contributed by atoms with Crippen molar-refractivity contribution in [1.82, 2.24) is 0 Å². The first kappa shape index (κ1) is 24.3. The first-order valence-electron chi connectivity index (χ1n) is 10.7. The topological polar surface area (TPSA) is 68.1 Å². The van der Waals surface area contributed by atoms with Gasteiger partial charge in [0.15, 0.2) is 0 Å². The molecule has 0 saturated heterocycles. The van der Waals surface area contributed by atoms with Crippen molar-refractivity contribution in [3.63, 3.8) is 0 Å². The summed E-state index contributed by atoms with van der Waals surface area (Å²) in [6.45, 7) is 2.02. The van der Waals surface area contributed by atoms with Crippen LogP contribution < -0.4 is 4.74 Å². The second kappa shape index (κ2) is 9.40. The number of hydrogen-bond acceptors (Lipinski definition) is 4. The number of halogens is 4. The lowest BCUT2D eigenvalue weighted by molar-refractivity contribution is -0.137. The Labute approximate surface area is 198 Å². The van der Waals surface area contributed by atoms with Gasteiger partial charge < -0.3 is 14.7 Å². The number of nitrogens with zero attached hydrogens (tertiary/aromatic N) is 1. The molecule has 1 aliphatic rings. The van der Waals surface area contributed by atoms with E-state index in [9.17, 15) is 23.1 Å². The maximum absolute atomic E-state index is 15.1. The summed E-state index contributed by atoms with van der Waals surface area (Å²) >= 11 is 0. The molecule has 1 N–H and O–H groups in total. The lowest BCUT2D eigenvalue weighted by Crippen LogP contribution is -2.09. The predicted octanol–water partition coefficient (Wildman–Crippen LogP) is 6.51. The molecule has 0 aliphatic carbocycles. The van der Waals surface area contributed by atoms with E-state index in [1.54, 1.807) is 6.92 Å². The van der Waals surface area contributed by atoms with E-state index in [2.05, 4.69) is 5.16 Å². The summed E-state index contributed by atoms with van der Waals surface area (Å²) in [6, 6.07) is 10.4. The number of benzene rings is 3. The Hall–Kier alpha value is -3.88. The fourth-order valence-corrected chi connectivity index (χ4v) is 4.11. The third kappa shape index (κ3) is 4.99. The van der Waals surface area contributed by atoms with Gasteiger partial charge in [-0.15, -0.1) is 0 Å². The Balaban J connectivity index is 1.90. The van der Waals surface area contributed by atoms with E-state index < -0.39 is 23.5 Å². The zero-order valence-corrected chi connectivity index (χ0v) is 18.9. The van der Waals surface area contributed by atoms with Gasteiger partial charge in [0, 0.05) is 30.0 Å². The molecule has 0 bridgehead atoms. The molecule has 0 atom stereocenters. The molecular weight excluding hydrogens is 466 g/mol. The summed E-state index contributed by atoms with van der Waals surface area (Å²) in [5, 5.41) is 13.1.